The molecular weight excluding hydrogens is 184 g/mol. The lowest BCUT2D eigenvalue weighted by atomic mass is 11.7. The number of carbonyl (C=O) groups excluding carboxylic acids is 1. The van der Waals surface area contributed by atoms with Crippen molar-refractivity contribution in [3.8, 4) is 0 Å². The van der Waals surface area contributed by atoms with Crippen molar-refractivity contribution in [3.63, 3.8) is 0 Å². The molecule has 2 nitrogen and oxygen atoms in total. The van der Waals surface area contributed by atoms with Crippen molar-refractivity contribution >= 4 is 58.3 Å². The summed E-state index contributed by atoms with van der Waals surface area (Å²) in [6.07, 6.45) is 0. The summed E-state index contributed by atoms with van der Waals surface area (Å²) in [6.45, 7) is 0. The van der Waals surface area contributed by atoms with Gasteiger partial charge in [0.2, 0.25) is 4.38 Å². The Kier molecular flexibility index (Phi) is 4.83. The van der Waals surface area contributed by atoms with Crippen molar-refractivity contribution in [1.82, 2.24) is 0 Å². The van der Waals surface area contributed by atoms with E-state index in [9.17, 15) is 4.79 Å². The maximum absolute atomic E-state index is 9.96. The second kappa shape index (κ2) is 4.49. The van der Waals surface area contributed by atoms with Crippen LogP contribution in [0.15, 0.2) is 0 Å². The lowest BCUT2D eigenvalue weighted by Gasteiger charge is -1.91. The van der Waals surface area contributed by atoms with E-state index in [1.807, 2.05) is 0 Å². The van der Waals surface area contributed by atoms with E-state index in [1.54, 1.807) is 0 Å². The Balaban J connectivity index is 3.18. The number of rotatable bonds is 0. The zero-order chi connectivity index (χ0) is 6.57. The van der Waals surface area contributed by atoms with Crippen molar-refractivity contribution in [2.75, 3.05) is 0 Å². The highest BCUT2D eigenvalue weighted by Gasteiger charge is 1.95. The highest BCUT2D eigenvalue weighted by Crippen LogP contribution is 2.09. The molecule has 0 radical (unpaired) electrons. The highest BCUT2D eigenvalue weighted by molar-refractivity contribution is 8.30. The maximum Gasteiger partial charge on any atom is 0.281 e. The van der Waals surface area contributed by atoms with Gasteiger partial charge in [0.25, 0.3) is 4.45 Å². The molecule has 0 aliphatic heterocycles. The molecule has 0 heterocycles. The van der Waals surface area contributed by atoms with Crippen LogP contribution in [0.3, 0.4) is 0 Å². The molecule has 0 unspecified atom stereocenters. The van der Waals surface area contributed by atoms with E-state index in [4.69, 9.17) is 0 Å². The standard InChI is InChI=1S/C2H2O2S4/c3-1(5)8-4-2(6)7/h(H,3,5)(H,6,7). The molecule has 0 aliphatic rings. The number of hydrogen-bond donors (Lipinski definition) is 2. The van der Waals surface area contributed by atoms with Crippen molar-refractivity contribution in [2.24, 2.45) is 0 Å². The average molecular weight is 186 g/mol. The minimum atomic E-state index is -0.443. The van der Waals surface area contributed by atoms with Crippen LogP contribution >= 0.6 is 49.5 Å². The predicted octanol–water partition coefficient (Wildman–Crippen LogP) is 1.92. The first-order valence-corrected chi connectivity index (χ1v) is 3.47. The molecule has 0 rings (SSSR count). The number of thiocarbonyl (C=S) groups is 1. The minimum absolute atomic E-state index is 0.0254. The third-order valence-corrected chi connectivity index (χ3v) is 1.20. The molecule has 46 valence electrons. The van der Waals surface area contributed by atoms with Crippen LogP contribution in [0.25, 0.3) is 0 Å². The van der Waals surface area contributed by atoms with Gasteiger partial charge in [-0.2, -0.15) is 0 Å². The second-order valence-electron chi connectivity index (χ2n) is 0.698. The topological polar surface area (TPSA) is 26.3 Å². The van der Waals surface area contributed by atoms with Gasteiger partial charge >= 0.3 is 0 Å². The van der Waals surface area contributed by atoms with Crippen LogP contribution in [-0.2, 0) is 4.18 Å². The Bertz CT molecular complexity index is 96.6. The molecule has 0 fully saturated rings. The van der Waals surface area contributed by atoms with Gasteiger partial charge < -0.3 is 4.18 Å². The summed E-state index contributed by atoms with van der Waals surface area (Å²) < 4.78 is 3.97. The van der Waals surface area contributed by atoms with Gasteiger partial charge in [0, 0.05) is 0 Å². The van der Waals surface area contributed by atoms with E-state index >= 15 is 0 Å². The molecule has 0 aromatic rings. The average Bonchev–Trinajstić information content (AvgIpc) is 1.61. The van der Waals surface area contributed by atoms with Gasteiger partial charge in [-0.3, -0.25) is 4.79 Å². The Morgan fingerprint density at radius 1 is 1.62 bits per heavy atom. The molecule has 6 heteroatoms. The van der Waals surface area contributed by atoms with Crippen molar-refractivity contribution < 1.29 is 8.98 Å². The van der Waals surface area contributed by atoms with Crippen molar-refractivity contribution in [2.45, 2.75) is 0 Å². The lowest BCUT2D eigenvalue weighted by molar-refractivity contribution is 0.276. The lowest BCUT2D eigenvalue weighted by Crippen LogP contribution is -1.83. The van der Waals surface area contributed by atoms with Crippen LogP contribution in [0.2, 0.25) is 0 Å². The fraction of sp³-hybridized carbons (Fsp3) is 0. The normalized spacial score (nSPS) is 8.25. The minimum Gasteiger partial charge on any atom is -0.398 e. The summed E-state index contributed by atoms with van der Waals surface area (Å²) in [5, 5.41) is 0. The smallest absolute Gasteiger partial charge is 0.281 e. The van der Waals surface area contributed by atoms with Crippen LogP contribution in [-0.4, -0.2) is 8.83 Å². The number of thiol groups is 2. The predicted molar refractivity (Wildman–Crippen MR) is 44.6 cm³/mol. The first-order valence-electron chi connectivity index (χ1n) is 1.43. The van der Waals surface area contributed by atoms with Gasteiger partial charge in [0.1, 0.15) is 12.0 Å². The zero-order valence-corrected chi connectivity index (χ0v) is 6.95. The summed E-state index contributed by atoms with van der Waals surface area (Å²) in [5.41, 5.74) is 0. The molecule has 0 aromatic carbocycles. The van der Waals surface area contributed by atoms with Gasteiger partial charge in [-0.25, -0.2) is 0 Å². The van der Waals surface area contributed by atoms with Crippen molar-refractivity contribution in [1.29, 1.82) is 0 Å². The molecule has 0 aromatic heterocycles. The number of hydrogen-bond acceptors (Lipinski definition) is 4. The Morgan fingerprint density at radius 3 is 2.25 bits per heavy atom. The summed E-state index contributed by atoms with van der Waals surface area (Å²) in [7, 11) is 0. The quantitative estimate of drug-likeness (QED) is 0.343. The molecule has 0 saturated carbocycles. The van der Waals surface area contributed by atoms with Gasteiger partial charge in [0.15, 0.2) is 0 Å². The van der Waals surface area contributed by atoms with E-state index < -0.39 is 4.45 Å². The van der Waals surface area contributed by atoms with E-state index in [-0.39, 0.29) is 4.38 Å². The molecule has 0 atom stereocenters. The van der Waals surface area contributed by atoms with E-state index in [1.165, 1.54) is 0 Å². The molecule has 8 heavy (non-hydrogen) atoms. The summed E-state index contributed by atoms with van der Waals surface area (Å²) in [6, 6.07) is 0. The van der Waals surface area contributed by atoms with Gasteiger partial charge in [-0.15, -0.1) is 0 Å². The molecule has 0 N–H and O–H groups in total. The largest absolute Gasteiger partial charge is 0.398 e. The van der Waals surface area contributed by atoms with E-state index in [0.717, 1.165) is 0 Å². The fourth-order valence-electron chi connectivity index (χ4n) is 0.0713. The third kappa shape index (κ3) is 6.61. The monoisotopic (exact) mass is 186 g/mol. The molecule has 0 aliphatic carbocycles. The van der Waals surface area contributed by atoms with E-state index in [2.05, 4.69) is 41.7 Å². The van der Waals surface area contributed by atoms with Crippen LogP contribution in [0.1, 0.15) is 0 Å². The van der Waals surface area contributed by atoms with Crippen LogP contribution in [0.4, 0.5) is 4.79 Å². The molecular formula is C2H2O2S4. The zero-order valence-electron chi connectivity index (χ0n) is 3.53. The summed E-state index contributed by atoms with van der Waals surface area (Å²) in [4.78, 5) is 9.96. The van der Waals surface area contributed by atoms with Gasteiger partial charge in [0.05, 0.1) is 0 Å². The Hall–Kier alpha value is 0.610. The molecule has 0 bridgehead atoms. The summed E-state index contributed by atoms with van der Waals surface area (Å²) in [5.74, 6) is 0. The highest BCUT2D eigenvalue weighted by atomic mass is 32.2. The SMILES string of the molecule is O=C(S)SOC(=S)S. The van der Waals surface area contributed by atoms with Crippen molar-refractivity contribution in [3.05, 3.63) is 0 Å². The molecule has 0 spiro atoms. The fourth-order valence-corrected chi connectivity index (χ4v) is 0.540. The van der Waals surface area contributed by atoms with Crippen LogP contribution in [0, 0.1) is 0 Å². The third-order valence-electron chi connectivity index (χ3n) is 0.184. The Labute approximate surface area is 67.4 Å². The molecule has 0 amide bonds. The van der Waals surface area contributed by atoms with E-state index in [0.29, 0.717) is 12.0 Å². The van der Waals surface area contributed by atoms with Gasteiger partial charge in [-0.1, -0.05) is 25.3 Å². The molecule has 0 saturated heterocycles. The van der Waals surface area contributed by atoms with Crippen LogP contribution < -0.4 is 0 Å². The maximum atomic E-state index is 9.96. The van der Waals surface area contributed by atoms with Crippen LogP contribution in [0.5, 0.6) is 0 Å². The first-order chi connectivity index (χ1) is 3.63. The van der Waals surface area contributed by atoms with Gasteiger partial charge in [-0.05, 0) is 12.2 Å². The summed E-state index contributed by atoms with van der Waals surface area (Å²) >= 11 is 11.8. The second-order valence-corrected chi connectivity index (χ2v) is 3.19. The first kappa shape index (κ1) is 8.61. The Morgan fingerprint density at radius 2 is 2.12 bits per heavy atom. The number of carbonyl (C=O) groups is 1.